The summed E-state index contributed by atoms with van der Waals surface area (Å²) >= 11 is 0. The first-order valence-corrected chi connectivity index (χ1v) is 12.2. The number of sulfonamides is 1. The fourth-order valence-corrected chi connectivity index (χ4v) is 4.14. The number of anilines is 1. The molecule has 0 aliphatic carbocycles. The smallest absolute Gasteiger partial charge is 0.240 e. The number of nitrogens with zero attached hydrogens (tertiary/aromatic N) is 1. The van der Waals surface area contributed by atoms with Crippen LogP contribution in [0.2, 0.25) is 0 Å². The number of carbonyl (C=O) groups excluding carboxylic acids is 1. The van der Waals surface area contributed by atoms with Crippen LogP contribution in [0.25, 0.3) is 0 Å². The second-order valence-corrected chi connectivity index (χ2v) is 10.7. The van der Waals surface area contributed by atoms with Crippen LogP contribution < -0.4 is 9.62 Å². The highest BCUT2D eigenvalue weighted by molar-refractivity contribution is 7.92. The molecule has 0 bridgehead atoms. The summed E-state index contributed by atoms with van der Waals surface area (Å²) in [4.78, 5) is 12.6. The molecule has 1 amide bonds. The van der Waals surface area contributed by atoms with Crippen molar-refractivity contribution in [2.45, 2.75) is 46.0 Å². The zero-order valence-corrected chi connectivity index (χ0v) is 19.5. The predicted molar refractivity (Wildman–Crippen MR) is 124 cm³/mol. The highest BCUT2D eigenvalue weighted by Gasteiger charge is 2.22. The van der Waals surface area contributed by atoms with Crippen LogP contribution >= 0.6 is 0 Å². The molecule has 164 valence electrons. The van der Waals surface area contributed by atoms with E-state index in [1.807, 2.05) is 30.3 Å². The van der Waals surface area contributed by atoms with E-state index in [4.69, 9.17) is 0 Å². The van der Waals surface area contributed by atoms with Crippen LogP contribution in [0.15, 0.2) is 54.6 Å². The van der Waals surface area contributed by atoms with Gasteiger partial charge in [-0.3, -0.25) is 9.10 Å². The van der Waals surface area contributed by atoms with Gasteiger partial charge in [-0.1, -0.05) is 76.6 Å². The lowest BCUT2D eigenvalue weighted by atomic mass is 9.87. The average Bonchev–Trinajstić information content (AvgIpc) is 2.68. The van der Waals surface area contributed by atoms with Crippen molar-refractivity contribution in [3.8, 4) is 0 Å². The van der Waals surface area contributed by atoms with Crippen molar-refractivity contribution in [3.05, 3.63) is 65.7 Å². The molecule has 6 heteroatoms. The summed E-state index contributed by atoms with van der Waals surface area (Å²) in [5, 5.41) is 2.92. The van der Waals surface area contributed by atoms with Crippen molar-refractivity contribution in [1.82, 2.24) is 5.32 Å². The van der Waals surface area contributed by atoms with Crippen molar-refractivity contribution < 1.29 is 13.2 Å². The minimum Gasteiger partial charge on any atom is -0.354 e. The first kappa shape index (κ1) is 23.9. The molecule has 0 spiro atoms. The Bertz CT molecular complexity index is 917. The van der Waals surface area contributed by atoms with Crippen molar-refractivity contribution in [3.63, 3.8) is 0 Å². The third-order valence-corrected chi connectivity index (χ3v) is 6.38. The summed E-state index contributed by atoms with van der Waals surface area (Å²) in [5.74, 6) is 0.000868. The minimum atomic E-state index is -3.58. The Morgan fingerprint density at radius 3 is 2.13 bits per heavy atom. The van der Waals surface area contributed by atoms with Gasteiger partial charge in [-0.25, -0.2) is 8.42 Å². The van der Waals surface area contributed by atoms with Crippen molar-refractivity contribution in [2.75, 3.05) is 23.7 Å². The number of amides is 1. The topological polar surface area (TPSA) is 66.5 Å². The van der Waals surface area contributed by atoms with Gasteiger partial charge in [-0.2, -0.15) is 0 Å². The van der Waals surface area contributed by atoms with E-state index in [2.05, 4.69) is 45.1 Å². The van der Waals surface area contributed by atoms with Crippen LogP contribution in [0.4, 0.5) is 5.69 Å². The quantitative estimate of drug-likeness (QED) is 0.650. The molecule has 1 atom stereocenters. The van der Waals surface area contributed by atoms with Crippen molar-refractivity contribution in [1.29, 1.82) is 0 Å². The van der Waals surface area contributed by atoms with Crippen LogP contribution in [0.1, 0.15) is 45.2 Å². The van der Waals surface area contributed by atoms with E-state index in [-0.39, 0.29) is 17.9 Å². The lowest BCUT2D eigenvalue weighted by Gasteiger charge is -2.24. The predicted octanol–water partition coefficient (Wildman–Crippen LogP) is 4.14. The molecule has 1 N–H and O–H groups in total. The van der Waals surface area contributed by atoms with E-state index in [9.17, 15) is 13.2 Å². The highest BCUT2D eigenvalue weighted by atomic mass is 32.2. The van der Waals surface area contributed by atoms with E-state index >= 15 is 0 Å². The second-order valence-electron chi connectivity index (χ2n) is 8.83. The lowest BCUT2D eigenvalue weighted by Crippen LogP contribution is -2.42. The largest absolute Gasteiger partial charge is 0.354 e. The zero-order valence-electron chi connectivity index (χ0n) is 18.7. The molecule has 0 aliphatic heterocycles. The number of hydrogen-bond donors (Lipinski definition) is 1. The van der Waals surface area contributed by atoms with Gasteiger partial charge in [-0.05, 0) is 41.0 Å². The lowest BCUT2D eigenvalue weighted by molar-refractivity contribution is -0.119. The first-order chi connectivity index (χ1) is 14.0. The number of benzene rings is 2. The average molecular weight is 431 g/mol. The van der Waals surface area contributed by atoms with Gasteiger partial charge in [0.05, 0.1) is 11.9 Å². The molecular formula is C24H34N2O3S. The SMILES string of the molecule is CCC(CNC(=O)CN(c1ccc(C(C)(C)C)cc1)S(C)(=O)=O)Cc1ccccc1. The Morgan fingerprint density at radius 1 is 1.03 bits per heavy atom. The monoisotopic (exact) mass is 430 g/mol. The maximum absolute atomic E-state index is 12.6. The van der Waals surface area contributed by atoms with Crippen LogP contribution in [-0.4, -0.2) is 33.7 Å². The van der Waals surface area contributed by atoms with E-state index < -0.39 is 10.0 Å². The highest BCUT2D eigenvalue weighted by Crippen LogP contribution is 2.25. The van der Waals surface area contributed by atoms with Gasteiger partial charge in [0.2, 0.25) is 15.9 Å². The standard InChI is InChI=1S/C24H34N2O3S/c1-6-19(16-20-10-8-7-9-11-20)17-25-23(27)18-26(30(5,28)29)22-14-12-21(13-15-22)24(2,3)4/h7-15,19H,6,16-18H2,1-5H3,(H,25,27). The second kappa shape index (κ2) is 10.1. The van der Waals surface area contributed by atoms with Gasteiger partial charge in [0.25, 0.3) is 0 Å². The molecule has 2 aromatic carbocycles. The van der Waals surface area contributed by atoms with Gasteiger partial charge in [-0.15, -0.1) is 0 Å². The van der Waals surface area contributed by atoms with Gasteiger partial charge in [0.15, 0.2) is 0 Å². The Hall–Kier alpha value is -2.34. The fourth-order valence-electron chi connectivity index (χ4n) is 3.28. The molecule has 2 rings (SSSR count). The molecule has 5 nitrogen and oxygen atoms in total. The van der Waals surface area contributed by atoms with Crippen molar-refractivity contribution >= 4 is 21.6 Å². The van der Waals surface area contributed by atoms with Gasteiger partial charge in [0, 0.05) is 6.54 Å². The van der Waals surface area contributed by atoms with E-state index in [0.29, 0.717) is 18.2 Å². The molecule has 0 fully saturated rings. The normalized spacial score (nSPS) is 13.0. The Kier molecular flexibility index (Phi) is 8.07. The molecule has 0 saturated carbocycles. The Balaban J connectivity index is 2.03. The molecule has 0 heterocycles. The van der Waals surface area contributed by atoms with Crippen molar-refractivity contribution in [2.24, 2.45) is 5.92 Å². The summed E-state index contributed by atoms with van der Waals surface area (Å²) in [6.45, 7) is 8.69. The first-order valence-electron chi connectivity index (χ1n) is 10.4. The third kappa shape index (κ3) is 7.17. The summed E-state index contributed by atoms with van der Waals surface area (Å²) in [5.41, 5.74) is 2.81. The molecule has 0 saturated heterocycles. The number of carbonyl (C=O) groups is 1. The molecule has 0 aliphatic rings. The Labute approximate surface area is 181 Å². The Morgan fingerprint density at radius 2 is 1.63 bits per heavy atom. The van der Waals surface area contributed by atoms with Crippen LogP contribution in [0.5, 0.6) is 0 Å². The zero-order chi connectivity index (χ0) is 22.4. The number of hydrogen-bond acceptors (Lipinski definition) is 3. The molecule has 0 aromatic heterocycles. The van der Waals surface area contributed by atoms with Gasteiger partial charge >= 0.3 is 0 Å². The molecule has 1 unspecified atom stereocenters. The summed E-state index contributed by atoms with van der Waals surface area (Å²) in [6, 6.07) is 17.5. The maximum atomic E-state index is 12.6. The van der Waals surface area contributed by atoms with E-state index in [1.54, 1.807) is 12.1 Å². The molecular weight excluding hydrogens is 396 g/mol. The molecule has 0 radical (unpaired) electrons. The summed E-state index contributed by atoms with van der Waals surface area (Å²) in [7, 11) is -3.58. The maximum Gasteiger partial charge on any atom is 0.240 e. The van der Waals surface area contributed by atoms with Gasteiger partial charge < -0.3 is 5.32 Å². The molecule has 2 aromatic rings. The van der Waals surface area contributed by atoms with Crippen LogP contribution in [0, 0.1) is 5.92 Å². The van der Waals surface area contributed by atoms with Crippen LogP contribution in [0.3, 0.4) is 0 Å². The summed E-state index contributed by atoms with van der Waals surface area (Å²) < 4.78 is 25.8. The fraction of sp³-hybridized carbons (Fsp3) is 0.458. The van der Waals surface area contributed by atoms with E-state index in [1.165, 1.54) is 5.56 Å². The van der Waals surface area contributed by atoms with Crippen LogP contribution in [-0.2, 0) is 26.7 Å². The number of rotatable bonds is 9. The van der Waals surface area contributed by atoms with Gasteiger partial charge in [0.1, 0.15) is 6.54 Å². The molecule has 30 heavy (non-hydrogen) atoms. The summed E-state index contributed by atoms with van der Waals surface area (Å²) in [6.07, 6.45) is 2.93. The number of nitrogens with one attached hydrogen (secondary N) is 1. The minimum absolute atomic E-state index is 0.0280. The third-order valence-electron chi connectivity index (χ3n) is 5.24. The van der Waals surface area contributed by atoms with E-state index in [0.717, 1.165) is 29.0 Å².